The minimum Gasteiger partial charge on any atom is -0.383 e. The number of methoxy groups -OCH3 is 1. The highest BCUT2D eigenvalue weighted by Crippen LogP contribution is 2.22. The third-order valence-corrected chi connectivity index (χ3v) is 2.94. The molecule has 0 bridgehead atoms. The van der Waals surface area contributed by atoms with Crippen molar-refractivity contribution in [2.45, 2.75) is 39.3 Å². The van der Waals surface area contributed by atoms with Gasteiger partial charge in [0.2, 0.25) is 0 Å². The first-order valence-corrected chi connectivity index (χ1v) is 5.98. The van der Waals surface area contributed by atoms with E-state index >= 15 is 0 Å². The van der Waals surface area contributed by atoms with E-state index in [1.165, 1.54) is 13.0 Å². The Bertz CT molecular complexity index is 173. The van der Waals surface area contributed by atoms with Gasteiger partial charge in [-0.05, 0) is 26.2 Å². The Morgan fingerprint density at radius 2 is 2.13 bits per heavy atom. The lowest BCUT2D eigenvalue weighted by Crippen LogP contribution is -2.36. The van der Waals surface area contributed by atoms with Crippen molar-refractivity contribution >= 4 is 0 Å². The molecule has 3 heteroatoms. The van der Waals surface area contributed by atoms with Crippen LogP contribution in [0.4, 0.5) is 0 Å². The zero-order valence-corrected chi connectivity index (χ0v) is 10.5. The van der Waals surface area contributed by atoms with E-state index < -0.39 is 0 Å². The zero-order valence-electron chi connectivity index (χ0n) is 10.5. The highest BCUT2D eigenvalue weighted by Gasteiger charge is 2.29. The van der Waals surface area contributed by atoms with Crippen molar-refractivity contribution < 1.29 is 9.47 Å². The number of rotatable bonds is 6. The Labute approximate surface area is 93.7 Å². The maximum Gasteiger partial charge on any atom is 0.0625 e. The second-order valence-corrected chi connectivity index (χ2v) is 4.86. The highest BCUT2D eigenvalue weighted by molar-refractivity contribution is 4.83. The summed E-state index contributed by atoms with van der Waals surface area (Å²) in [7, 11) is 1.76. The van der Waals surface area contributed by atoms with Gasteiger partial charge in [0.05, 0.1) is 19.3 Å². The molecule has 0 unspecified atom stereocenters. The first-order chi connectivity index (χ1) is 7.13. The fraction of sp³-hybridized carbons (Fsp3) is 1.00. The number of hydrogen-bond donors (Lipinski definition) is 0. The first-order valence-electron chi connectivity index (χ1n) is 5.98. The van der Waals surface area contributed by atoms with E-state index in [4.69, 9.17) is 9.47 Å². The van der Waals surface area contributed by atoms with Crippen LogP contribution >= 0.6 is 0 Å². The summed E-state index contributed by atoms with van der Waals surface area (Å²) in [5.74, 6) is 0.794. The van der Waals surface area contributed by atoms with Crippen LogP contribution in [0.25, 0.3) is 0 Å². The monoisotopic (exact) mass is 215 g/mol. The van der Waals surface area contributed by atoms with Crippen LogP contribution in [0.3, 0.4) is 0 Å². The maximum absolute atomic E-state index is 5.70. The number of hydrogen-bond acceptors (Lipinski definition) is 3. The van der Waals surface area contributed by atoms with Crippen LogP contribution in [-0.2, 0) is 9.47 Å². The average molecular weight is 215 g/mol. The van der Waals surface area contributed by atoms with E-state index in [9.17, 15) is 0 Å². The van der Waals surface area contributed by atoms with E-state index in [0.29, 0.717) is 12.1 Å². The van der Waals surface area contributed by atoms with Crippen molar-refractivity contribution in [2.24, 2.45) is 5.92 Å². The van der Waals surface area contributed by atoms with Gasteiger partial charge in [-0.3, -0.25) is 4.90 Å². The molecule has 0 radical (unpaired) electrons. The van der Waals surface area contributed by atoms with Crippen LogP contribution in [0.2, 0.25) is 0 Å². The van der Waals surface area contributed by atoms with Gasteiger partial charge in [0.15, 0.2) is 0 Å². The lowest BCUT2D eigenvalue weighted by atomic mass is 10.1. The molecule has 1 aliphatic rings. The molecule has 15 heavy (non-hydrogen) atoms. The smallest absolute Gasteiger partial charge is 0.0625 e. The van der Waals surface area contributed by atoms with Gasteiger partial charge in [-0.15, -0.1) is 0 Å². The Hall–Kier alpha value is -0.120. The molecular weight excluding hydrogens is 190 g/mol. The molecule has 0 aromatic carbocycles. The van der Waals surface area contributed by atoms with Crippen LogP contribution in [0.5, 0.6) is 0 Å². The number of ether oxygens (including phenoxy) is 2. The maximum atomic E-state index is 5.70. The lowest BCUT2D eigenvalue weighted by Gasteiger charge is -2.24. The van der Waals surface area contributed by atoms with Gasteiger partial charge < -0.3 is 9.47 Å². The van der Waals surface area contributed by atoms with E-state index in [1.54, 1.807) is 7.11 Å². The molecule has 2 atom stereocenters. The van der Waals surface area contributed by atoms with Crippen LogP contribution in [0.15, 0.2) is 0 Å². The van der Waals surface area contributed by atoms with Crippen molar-refractivity contribution in [1.82, 2.24) is 4.90 Å². The van der Waals surface area contributed by atoms with Crippen LogP contribution in [0.1, 0.15) is 27.2 Å². The Kier molecular flexibility index (Phi) is 5.58. The van der Waals surface area contributed by atoms with Crippen LogP contribution < -0.4 is 0 Å². The van der Waals surface area contributed by atoms with E-state index in [0.717, 1.165) is 25.7 Å². The molecule has 90 valence electrons. The summed E-state index contributed by atoms with van der Waals surface area (Å²) in [6.45, 7) is 10.4. The molecule has 1 saturated heterocycles. The summed E-state index contributed by atoms with van der Waals surface area (Å²) in [5, 5.41) is 0. The summed E-state index contributed by atoms with van der Waals surface area (Å²) in [6.07, 6.45) is 1.60. The SMILES string of the molecule is COCCN1C[C@H](C)C[C@H]1COC(C)C. The molecule has 0 aromatic rings. The van der Waals surface area contributed by atoms with Gasteiger partial charge in [-0.25, -0.2) is 0 Å². The Morgan fingerprint density at radius 3 is 2.73 bits per heavy atom. The van der Waals surface area contributed by atoms with Crippen LogP contribution in [0, 0.1) is 5.92 Å². The molecule has 1 fully saturated rings. The van der Waals surface area contributed by atoms with Gasteiger partial charge in [-0.2, -0.15) is 0 Å². The van der Waals surface area contributed by atoms with Crippen molar-refractivity contribution in [2.75, 3.05) is 33.4 Å². The molecule has 0 N–H and O–H groups in total. The standard InChI is InChI=1S/C12H25NO2/c1-10(2)15-9-12-7-11(3)8-13(12)5-6-14-4/h10-12H,5-9H2,1-4H3/t11-,12+/m1/s1. The fourth-order valence-corrected chi connectivity index (χ4v) is 2.20. The second-order valence-electron chi connectivity index (χ2n) is 4.86. The second kappa shape index (κ2) is 6.46. The van der Waals surface area contributed by atoms with Gasteiger partial charge in [0.25, 0.3) is 0 Å². The minimum absolute atomic E-state index is 0.338. The molecule has 0 aliphatic carbocycles. The molecule has 1 aliphatic heterocycles. The van der Waals surface area contributed by atoms with E-state index in [2.05, 4.69) is 25.7 Å². The minimum atomic E-state index is 0.338. The molecular formula is C12H25NO2. The van der Waals surface area contributed by atoms with Gasteiger partial charge in [0.1, 0.15) is 0 Å². The van der Waals surface area contributed by atoms with Gasteiger partial charge >= 0.3 is 0 Å². The van der Waals surface area contributed by atoms with Crippen molar-refractivity contribution in [3.63, 3.8) is 0 Å². The Balaban J connectivity index is 2.31. The summed E-state index contributed by atoms with van der Waals surface area (Å²) in [5.41, 5.74) is 0. The summed E-state index contributed by atoms with van der Waals surface area (Å²) < 4.78 is 10.8. The Morgan fingerprint density at radius 1 is 1.40 bits per heavy atom. The van der Waals surface area contributed by atoms with Crippen molar-refractivity contribution in [1.29, 1.82) is 0 Å². The van der Waals surface area contributed by atoms with Gasteiger partial charge in [0, 0.05) is 26.2 Å². The highest BCUT2D eigenvalue weighted by atomic mass is 16.5. The lowest BCUT2D eigenvalue weighted by molar-refractivity contribution is 0.0311. The molecule has 0 amide bonds. The third kappa shape index (κ3) is 4.49. The third-order valence-electron chi connectivity index (χ3n) is 2.94. The quantitative estimate of drug-likeness (QED) is 0.674. The molecule has 0 aromatic heterocycles. The molecule has 1 rings (SSSR count). The van der Waals surface area contributed by atoms with E-state index in [-0.39, 0.29) is 0 Å². The van der Waals surface area contributed by atoms with Gasteiger partial charge in [-0.1, -0.05) is 6.92 Å². The first kappa shape index (κ1) is 12.9. The fourth-order valence-electron chi connectivity index (χ4n) is 2.20. The number of likely N-dealkylation sites (tertiary alicyclic amines) is 1. The molecule has 1 heterocycles. The van der Waals surface area contributed by atoms with Crippen molar-refractivity contribution in [3.8, 4) is 0 Å². The zero-order chi connectivity index (χ0) is 11.3. The van der Waals surface area contributed by atoms with Crippen molar-refractivity contribution in [3.05, 3.63) is 0 Å². The number of nitrogens with zero attached hydrogens (tertiary/aromatic N) is 1. The normalized spacial score (nSPS) is 27.8. The predicted octanol–water partition coefficient (Wildman–Crippen LogP) is 1.77. The summed E-state index contributed by atoms with van der Waals surface area (Å²) in [4.78, 5) is 2.50. The molecule has 0 saturated carbocycles. The average Bonchev–Trinajstić information content (AvgIpc) is 2.52. The molecule has 3 nitrogen and oxygen atoms in total. The summed E-state index contributed by atoms with van der Waals surface area (Å²) >= 11 is 0. The van der Waals surface area contributed by atoms with Crippen LogP contribution in [-0.4, -0.2) is 50.5 Å². The predicted molar refractivity (Wildman–Crippen MR) is 62.1 cm³/mol. The topological polar surface area (TPSA) is 21.7 Å². The largest absolute Gasteiger partial charge is 0.383 e. The van der Waals surface area contributed by atoms with E-state index in [1.807, 2.05) is 0 Å². The summed E-state index contributed by atoms with van der Waals surface area (Å²) in [6, 6.07) is 0.595. The molecule has 0 spiro atoms.